The number of aryl methyl sites for hydroxylation is 1. The first-order chi connectivity index (χ1) is 10.7. The van der Waals surface area contributed by atoms with Crippen molar-refractivity contribution in [2.75, 3.05) is 11.9 Å². The smallest absolute Gasteiger partial charge is 0.256 e. The molecular weight excluding hydrogens is 282 g/mol. The number of hydrogen-bond acceptors (Lipinski definition) is 5. The van der Waals surface area contributed by atoms with E-state index in [1.165, 1.54) is 0 Å². The molecule has 3 rings (SSSR count). The van der Waals surface area contributed by atoms with E-state index >= 15 is 0 Å². The Labute approximate surface area is 127 Å². The Kier molecular flexibility index (Phi) is 3.95. The van der Waals surface area contributed by atoms with Crippen LogP contribution in [0.3, 0.4) is 0 Å². The number of hydrogen-bond donors (Lipinski definition) is 1. The maximum absolute atomic E-state index is 11.9. The van der Waals surface area contributed by atoms with Gasteiger partial charge in [0.25, 0.3) is 5.78 Å². The number of nitrogens with one attached hydrogen (secondary N) is 1. The predicted molar refractivity (Wildman–Crippen MR) is 80.7 cm³/mol. The average molecular weight is 297 g/mol. The summed E-state index contributed by atoms with van der Waals surface area (Å²) >= 11 is 0. The van der Waals surface area contributed by atoms with Gasteiger partial charge in [-0.15, -0.1) is 10.2 Å². The maximum Gasteiger partial charge on any atom is 0.256 e. The van der Waals surface area contributed by atoms with Gasteiger partial charge in [0.2, 0.25) is 11.9 Å². The molecule has 112 valence electrons. The molecule has 3 aromatic rings. The summed E-state index contributed by atoms with van der Waals surface area (Å²) in [5.41, 5.74) is 0.842. The Morgan fingerprint density at radius 1 is 1.23 bits per heavy atom. The zero-order chi connectivity index (χ0) is 15.4. The lowest BCUT2D eigenvalue weighted by Gasteiger charge is -2.06. The Hall–Kier alpha value is -2.96. The summed E-state index contributed by atoms with van der Waals surface area (Å²) in [5, 5.41) is 10.5. The number of para-hydroxylation sites is 1. The molecule has 0 radical (unpaired) electrons. The summed E-state index contributed by atoms with van der Waals surface area (Å²) in [5.74, 6) is 1.36. The fraction of sp³-hybridized carbons (Fsp3) is 0.200. The van der Waals surface area contributed by atoms with E-state index in [1.807, 2.05) is 43.3 Å². The van der Waals surface area contributed by atoms with Crippen molar-refractivity contribution < 1.29 is 9.53 Å². The number of ether oxygens (including phenoxy) is 1. The van der Waals surface area contributed by atoms with Gasteiger partial charge >= 0.3 is 0 Å². The molecule has 1 amide bonds. The minimum absolute atomic E-state index is 0.189. The van der Waals surface area contributed by atoms with Crippen molar-refractivity contribution in [3.8, 4) is 5.75 Å². The number of amides is 1. The van der Waals surface area contributed by atoms with Crippen LogP contribution in [0.4, 0.5) is 5.95 Å². The van der Waals surface area contributed by atoms with E-state index in [0.717, 1.165) is 11.4 Å². The number of fused-ring (bicyclic) bond motifs is 1. The molecule has 0 aliphatic heterocycles. The Balaban J connectivity index is 1.57. The first kappa shape index (κ1) is 14.0. The topological polar surface area (TPSA) is 81.4 Å². The van der Waals surface area contributed by atoms with E-state index in [9.17, 15) is 4.79 Å². The standard InChI is InChI=1S/C15H15N5O2/c1-11-7-9-20-14(16-11)18-19-15(20)17-13(21)8-10-22-12-5-3-2-4-6-12/h2-7,9H,8,10H2,1H3,(H,17,19,21). The van der Waals surface area contributed by atoms with E-state index < -0.39 is 0 Å². The molecule has 0 atom stereocenters. The molecule has 1 N–H and O–H groups in total. The number of benzene rings is 1. The number of anilines is 1. The van der Waals surface area contributed by atoms with Crippen LogP contribution in [-0.4, -0.2) is 32.1 Å². The van der Waals surface area contributed by atoms with Gasteiger partial charge in [-0.3, -0.25) is 14.5 Å². The van der Waals surface area contributed by atoms with Crippen molar-refractivity contribution in [2.45, 2.75) is 13.3 Å². The lowest BCUT2D eigenvalue weighted by Crippen LogP contribution is -2.17. The lowest BCUT2D eigenvalue weighted by atomic mass is 10.3. The number of carbonyl (C=O) groups is 1. The van der Waals surface area contributed by atoms with Crippen LogP contribution < -0.4 is 10.1 Å². The highest BCUT2D eigenvalue weighted by Gasteiger charge is 2.10. The summed E-state index contributed by atoms with van der Waals surface area (Å²) < 4.78 is 7.11. The second kappa shape index (κ2) is 6.21. The van der Waals surface area contributed by atoms with Crippen molar-refractivity contribution in [1.82, 2.24) is 19.6 Å². The first-order valence-electron chi connectivity index (χ1n) is 6.88. The quantitative estimate of drug-likeness (QED) is 0.777. The lowest BCUT2D eigenvalue weighted by molar-refractivity contribution is -0.116. The highest BCUT2D eigenvalue weighted by atomic mass is 16.5. The van der Waals surface area contributed by atoms with Crippen LogP contribution >= 0.6 is 0 Å². The first-order valence-corrected chi connectivity index (χ1v) is 6.88. The van der Waals surface area contributed by atoms with Crippen LogP contribution in [0, 0.1) is 6.92 Å². The van der Waals surface area contributed by atoms with Crippen LogP contribution in [0.25, 0.3) is 5.78 Å². The normalized spacial score (nSPS) is 10.6. The van der Waals surface area contributed by atoms with Gasteiger partial charge in [0.15, 0.2) is 0 Å². The van der Waals surface area contributed by atoms with E-state index in [-0.39, 0.29) is 12.3 Å². The zero-order valence-electron chi connectivity index (χ0n) is 12.1. The fourth-order valence-electron chi connectivity index (χ4n) is 1.92. The number of nitrogens with zero attached hydrogens (tertiary/aromatic N) is 4. The Morgan fingerprint density at radius 2 is 2.05 bits per heavy atom. The highest BCUT2D eigenvalue weighted by molar-refractivity contribution is 5.89. The molecule has 0 saturated carbocycles. The van der Waals surface area contributed by atoms with E-state index in [4.69, 9.17) is 4.74 Å². The molecule has 2 aromatic heterocycles. The van der Waals surface area contributed by atoms with E-state index in [2.05, 4.69) is 20.5 Å². The van der Waals surface area contributed by atoms with Crippen molar-refractivity contribution in [2.24, 2.45) is 0 Å². The molecule has 7 nitrogen and oxygen atoms in total. The second-order valence-electron chi connectivity index (χ2n) is 4.72. The van der Waals surface area contributed by atoms with Crippen molar-refractivity contribution in [1.29, 1.82) is 0 Å². The molecule has 0 aliphatic rings. The maximum atomic E-state index is 11.9. The molecule has 2 heterocycles. The molecule has 0 fully saturated rings. The molecule has 22 heavy (non-hydrogen) atoms. The van der Waals surface area contributed by atoms with Gasteiger partial charge < -0.3 is 4.74 Å². The van der Waals surface area contributed by atoms with Crippen molar-refractivity contribution in [3.05, 3.63) is 48.3 Å². The molecule has 0 saturated heterocycles. The summed E-state index contributed by atoms with van der Waals surface area (Å²) in [6.07, 6.45) is 2.00. The Morgan fingerprint density at radius 3 is 2.86 bits per heavy atom. The summed E-state index contributed by atoms with van der Waals surface area (Å²) in [4.78, 5) is 16.1. The van der Waals surface area contributed by atoms with Crippen LogP contribution in [0.15, 0.2) is 42.6 Å². The van der Waals surface area contributed by atoms with Gasteiger partial charge in [-0.05, 0) is 25.1 Å². The number of aromatic nitrogens is 4. The van der Waals surface area contributed by atoms with Gasteiger partial charge in [-0.1, -0.05) is 18.2 Å². The summed E-state index contributed by atoms with van der Waals surface area (Å²) in [7, 11) is 0. The molecule has 7 heteroatoms. The molecule has 0 aliphatic carbocycles. The SMILES string of the molecule is Cc1ccn2c(NC(=O)CCOc3ccccc3)nnc2n1. The van der Waals surface area contributed by atoms with Crippen LogP contribution in [-0.2, 0) is 4.79 Å². The third kappa shape index (κ3) is 3.20. The van der Waals surface area contributed by atoms with Crippen LogP contribution in [0.1, 0.15) is 12.1 Å². The van der Waals surface area contributed by atoms with Gasteiger partial charge in [0, 0.05) is 11.9 Å². The zero-order valence-corrected chi connectivity index (χ0v) is 12.1. The second-order valence-corrected chi connectivity index (χ2v) is 4.72. The monoisotopic (exact) mass is 297 g/mol. The van der Waals surface area contributed by atoms with Gasteiger partial charge in [-0.25, -0.2) is 4.98 Å². The minimum atomic E-state index is -0.189. The summed E-state index contributed by atoms with van der Waals surface area (Å²) in [6.45, 7) is 2.16. The highest BCUT2D eigenvalue weighted by Crippen LogP contribution is 2.10. The Bertz CT molecular complexity index is 785. The third-order valence-electron chi connectivity index (χ3n) is 3.01. The summed E-state index contributed by atoms with van der Waals surface area (Å²) in [6, 6.07) is 11.2. The van der Waals surface area contributed by atoms with Crippen LogP contribution in [0.5, 0.6) is 5.75 Å². The third-order valence-corrected chi connectivity index (χ3v) is 3.01. The van der Waals surface area contributed by atoms with Crippen LogP contribution in [0.2, 0.25) is 0 Å². The minimum Gasteiger partial charge on any atom is -0.493 e. The van der Waals surface area contributed by atoms with E-state index in [1.54, 1.807) is 10.6 Å². The van der Waals surface area contributed by atoms with Crippen molar-refractivity contribution in [3.63, 3.8) is 0 Å². The number of rotatable bonds is 5. The fourth-order valence-corrected chi connectivity index (χ4v) is 1.92. The average Bonchev–Trinajstić information content (AvgIpc) is 2.90. The van der Waals surface area contributed by atoms with Gasteiger partial charge in [0.05, 0.1) is 13.0 Å². The molecular formula is C15H15N5O2. The van der Waals surface area contributed by atoms with E-state index in [0.29, 0.717) is 18.3 Å². The van der Waals surface area contributed by atoms with Gasteiger partial charge in [0.1, 0.15) is 5.75 Å². The van der Waals surface area contributed by atoms with Gasteiger partial charge in [-0.2, -0.15) is 0 Å². The predicted octanol–water partition coefficient (Wildman–Crippen LogP) is 1.84. The molecule has 0 unspecified atom stereocenters. The largest absolute Gasteiger partial charge is 0.493 e. The number of carbonyl (C=O) groups excluding carboxylic acids is 1. The molecule has 0 spiro atoms. The molecule has 1 aromatic carbocycles. The van der Waals surface area contributed by atoms with Crippen molar-refractivity contribution >= 4 is 17.6 Å². The molecule has 0 bridgehead atoms.